The topological polar surface area (TPSA) is 69.6 Å². The molecule has 96 valence electrons. The highest BCUT2D eigenvalue weighted by Gasteiger charge is 2.33. The SMILES string of the molecule is Cc1cccc(NC(=O)C2CCCN2C(=O)O)c1. The van der Waals surface area contributed by atoms with Crippen molar-refractivity contribution in [1.82, 2.24) is 4.90 Å². The fourth-order valence-corrected chi connectivity index (χ4v) is 2.22. The average molecular weight is 248 g/mol. The van der Waals surface area contributed by atoms with Crippen molar-refractivity contribution in [3.63, 3.8) is 0 Å². The van der Waals surface area contributed by atoms with Crippen LogP contribution in [0.1, 0.15) is 18.4 Å². The lowest BCUT2D eigenvalue weighted by Crippen LogP contribution is -2.42. The molecule has 0 radical (unpaired) electrons. The maximum absolute atomic E-state index is 12.0. The van der Waals surface area contributed by atoms with E-state index in [1.54, 1.807) is 6.07 Å². The summed E-state index contributed by atoms with van der Waals surface area (Å²) in [5.74, 6) is -0.250. The van der Waals surface area contributed by atoms with E-state index in [1.165, 1.54) is 4.90 Å². The number of carboxylic acid groups (broad SMARTS) is 1. The molecule has 1 aromatic carbocycles. The van der Waals surface area contributed by atoms with Gasteiger partial charge in [0.05, 0.1) is 0 Å². The number of carbonyl (C=O) groups is 2. The second-order valence-electron chi connectivity index (χ2n) is 4.49. The van der Waals surface area contributed by atoms with Gasteiger partial charge < -0.3 is 10.4 Å². The molecule has 1 atom stereocenters. The number of carbonyl (C=O) groups excluding carboxylic acids is 1. The average Bonchev–Trinajstić information content (AvgIpc) is 2.77. The molecule has 18 heavy (non-hydrogen) atoms. The Hall–Kier alpha value is -2.04. The van der Waals surface area contributed by atoms with Crippen molar-refractivity contribution in [2.75, 3.05) is 11.9 Å². The zero-order chi connectivity index (χ0) is 13.1. The summed E-state index contributed by atoms with van der Waals surface area (Å²) in [7, 11) is 0. The Labute approximate surface area is 105 Å². The van der Waals surface area contributed by atoms with Gasteiger partial charge in [0.25, 0.3) is 0 Å². The van der Waals surface area contributed by atoms with Crippen LogP contribution in [0.2, 0.25) is 0 Å². The van der Waals surface area contributed by atoms with Gasteiger partial charge in [-0.25, -0.2) is 4.79 Å². The molecule has 1 saturated heterocycles. The van der Waals surface area contributed by atoms with E-state index in [1.807, 2.05) is 25.1 Å². The maximum atomic E-state index is 12.0. The third-order valence-electron chi connectivity index (χ3n) is 3.09. The molecule has 0 aromatic heterocycles. The van der Waals surface area contributed by atoms with Crippen LogP contribution in [0.3, 0.4) is 0 Å². The number of hydrogen-bond acceptors (Lipinski definition) is 2. The zero-order valence-electron chi connectivity index (χ0n) is 10.2. The molecular weight excluding hydrogens is 232 g/mol. The standard InChI is InChI=1S/C13H16N2O3/c1-9-4-2-5-10(8-9)14-12(16)11-6-3-7-15(11)13(17)18/h2,4-5,8,11H,3,6-7H2,1H3,(H,14,16)(H,17,18). The van der Waals surface area contributed by atoms with Gasteiger partial charge in [-0.3, -0.25) is 9.69 Å². The summed E-state index contributed by atoms with van der Waals surface area (Å²) < 4.78 is 0. The summed E-state index contributed by atoms with van der Waals surface area (Å²) in [4.78, 5) is 24.2. The van der Waals surface area contributed by atoms with Gasteiger partial charge >= 0.3 is 6.09 Å². The molecule has 1 aliphatic heterocycles. The summed E-state index contributed by atoms with van der Waals surface area (Å²) in [6, 6.07) is 6.88. The van der Waals surface area contributed by atoms with Crippen molar-refractivity contribution in [3.8, 4) is 0 Å². The van der Waals surface area contributed by atoms with Crippen molar-refractivity contribution >= 4 is 17.7 Å². The quantitative estimate of drug-likeness (QED) is 0.841. The Morgan fingerprint density at radius 1 is 1.44 bits per heavy atom. The molecule has 2 N–H and O–H groups in total. The van der Waals surface area contributed by atoms with E-state index in [-0.39, 0.29) is 5.91 Å². The summed E-state index contributed by atoms with van der Waals surface area (Å²) in [6.07, 6.45) is 0.291. The maximum Gasteiger partial charge on any atom is 0.407 e. The first-order valence-corrected chi connectivity index (χ1v) is 5.95. The second-order valence-corrected chi connectivity index (χ2v) is 4.49. The normalized spacial score (nSPS) is 18.7. The number of amides is 2. The van der Waals surface area contributed by atoms with E-state index in [0.717, 1.165) is 12.0 Å². The number of nitrogens with zero attached hydrogens (tertiary/aromatic N) is 1. The molecule has 0 spiro atoms. The lowest BCUT2D eigenvalue weighted by Gasteiger charge is -2.20. The van der Waals surface area contributed by atoms with Crippen LogP contribution in [0.15, 0.2) is 24.3 Å². The molecule has 1 fully saturated rings. The van der Waals surface area contributed by atoms with Crippen LogP contribution in [0, 0.1) is 6.92 Å². The van der Waals surface area contributed by atoms with Crippen molar-refractivity contribution in [3.05, 3.63) is 29.8 Å². The predicted octanol–water partition coefficient (Wildman–Crippen LogP) is 2.08. The first-order valence-electron chi connectivity index (χ1n) is 5.95. The number of rotatable bonds is 2. The van der Waals surface area contributed by atoms with E-state index in [9.17, 15) is 9.59 Å². The fraction of sp³-hybridized carbons (Fsp3) is 0.385. The smallest absolute Gasteiger partial charge is 0.407 e. The summed E-state index contributed by atoms with van der Waals surface area (Å²) in [5, 5.41) is 11.8. The Morgan fingerprint density at radius 3 is 2.89 bits per heavy atom. The Balaban J connectivity index is 2.06. The summed E-state index contributed by atoms with van der Waals surface area (Å²) in [5.41, 5.74) is 1.76. The number of likely N-dealkylation sites (tertiary alicyclic amines) is 1. The van der Waals surface area contributed by atoms with E-state index >= 15 is 0 Å². The molecule has 5 heteroatoms. The van der Waals surface area contributed by atoms with E-state index in [2.05, 4.69) is 5.32 Å². The minimum atomic E-state index is -1.03. The summed E-state index contributed by atoms with van der Waals surface area (Å²) >= 11 is 0. The molecule has 1 heterocycles. The lowest BCUT2D eigenvalue weighted by molar-refractivity contribution is -0.119. The van der Waals surface area contributed by atoms with Gasteiger partial charge in [-0.05, 0) is 37.5 Å². The van der Waals surface area contributed by atoms with Crippen LogP contribution in [0.25, 0.3) is 0 Å². The van der Waals surface area contributed by atoms with Gasteiger partial charge in [0.1, 0.15) is 6.04 Å². The van der Waals surface area contributed by atoms with Gasteiger partial charge in [-0.15, -0.1) is 0 Å². The van der Waals surface area contributed by atoms with Gasteiger partial charge in [-0.2, -0.15) is 0 Å². The predicted molar refractivity (Wildman–Crippen MR) is 67.6 cm³/mol. The molecule has 0 bridgehead atoms. The number of benzene rings is 1. The van der Waals surface area contributed by atoms with E-state index < -0.39 is 12.1 Å². The number of aryl methyl sites for hydroxylation is 1. The number of nitrogens with one attached hydrogen (secondary N) is 1. The Morgan fingerprint density at radius 2 is 2.22 bits per heavy atom. The van der Waals surface area contributed by atoms with Crippen LogP contribution in [0.4, 0.5) is 10.5 Å². The first kappa shape index (κ1) is 12.4. The monoisotopic (exact) mass is 248 g/mol. The first-order chi connectivity index (χ1) is 8.58. The zero-order valence-corrected chi connectivity index (χ0v) is 10.2. The largest absolute Gasteiger partial charge is 0.465 e. The third-order valence-corrected chi connectivity index (χ3v) is 3.09. The molecule has 5 nitrogen and oxygen atoms in total. The third kappa shape index (κ3) is 2.61. The van der Waals surface area contributed by atoms with Gasteiger partial charge in [0.2, 0.25) is 5.91 Å². The van der Waals surface area contributed by atoms with Crippen LogP contribution in [0.5, 0.6) is 0 Å². The molecule has 0 saturated carbocycles. The Bertz CT molecular complexity index is 473. The minimum absolute atomic E-state index is 0.250. The van der Waals surface area contributed by atoms with Gasteiger partial charge in [0, 0.05) is 12.2 Å². The van der Waals surface area contributed by atoms with Crippen LogP contribution in [-0.2, 0) is 4.79 Å². The van der Waals surface area contributed by atoms with Crippen LogP contribution >= 0.6 is 0 Å². The number of hydrogen-bond donors (Lipinski definition) is 2. The molecular formula is C13H16N2O3. The molecule has 1 unspecified atom stereocenters. The Kier molecular flexibility index (Phi) is 3.50. The van der Waals surface area contributed by atoms with Crippen molar-refractivity contribution in [2.24, 2.45) is 0 Å². The van der Waals surface area contributed by atoms with Crippen LogP contribution in [-0.4, -0.2) is 34.6 Å². The minimum Gasteiger partial charge on any atom is -0.465 e. The molecule has 1 aliphatic rings. The molecule has 0 aliphatic carbocycles. The molecule has 1 aromatic rings. The number of anilines is 1. The van der Waals surface area contributed by atoms with Gasteiger partial charge in [0.15, 0.2) is 0 Å². The van der Waals surface area contributed by atoms with Crippen LogP contribution < -0.4 is 5.32 Å². The van der Waals surface area contributed by atoms with Crippen molar-refractivity contribution < 1.29 is 14.7 Å². The molecule has 2 rings (SSSR count). The van der Waals surface area contributed by atoms with Gasteiger partial charge in [-0.1, -0.05) is 12.1 Å². The highest BCUT2D eigenvalue weighted by atomic mass is 16.4. The summed E-state index contributed by atoms with van der Waals surface area (Å²) in [6.45, 7) is 2.37. The highest BCUT2D eigenvalue weighted by molar-refractivity contribution is 5.96. The van der Waals surface area contributed by atoms with Crippen molar-refractivity contribution in [2.45, 2.75) is 25.8 Å². The highest BCUT2D eigenvalue weighted by Crippen LogP contribution is 2.19. The second kappa shape index (κ2) is 5.08. The van der Waals surface area contributed by atoms with Crippen molar-refractivity contribution in [1.29, 1.82) is 0 Å². The molecule has 2 amide bonds. The lowest BCUT2D eigenvalue weighted by atomic mass is 10.2. The van der Waals surface area contributed by atoms with E-state index in [4.69, 9.17) is 5.11 Å². The van der Waals surface area contributed by atoms with E-state index in [0.29, 0.717) is 18.7 Å². The fourth-order valence-electron chi connectivity index (χ4n) is 2.22.